The van der Waals surface area contributed by atoms with E-state index in [1.54, 1.807) is 24.3 Å². The number of H-pyrrole nitrogens is 1. The second kappa shape index (κ2) is 9.43. The monoisotopic (exact) mass is 428 g/mol. The number of nitrogens with two attached hydrogens (primary N) is 1. The van der Waals surface area contributed by atoms with Crippen LogP contribution in [0.4, 0.5) is 11.5 Å². The van der Waals surface area contributed by atoms with Crippen molar-refractivity contribution in [3.05, 3.63) is 91.6 Å². The van der Waals surface area contributed by atoms with Gasteiger partial charge in [-0.25, -0.2) is 4.79 Å². The number of nitrogens with zero attached hydrogens (tertiary/aromatic N) is 2. The molecule has 8 nitrogen and oxygen atoms in total. The number of benzene rings is 2. The Morgan fingerprint density at radius 1 is 1.13 bits per heavy atom. The van der Waals surface area contributed by atoms with Crippen LogP contribution in [0, 0.1) is 0 Å². The van der Waals surface area contributed by atoms with Crippen LogP contribution in [0.15, 0.2) is 64.2 Å². The molecule has 9 heteroatoms. The third kappa shape index (κ3) is 4.61. The number of aromatic nitrogens is 2. The lowest BCUT2D eigenvalue weighted by Gasteiger charge is -2.24. The fraction of sp³-hybridized carbons (Fsp3) is 0.190. The summed E-state index contributed by atoms with van der Waals surface area (Å²) in [4.78, 5) is 41.7. The molecule has 1 aromatic heterocycles. The van der Waals surface area contributed by atoms with Crippen molar-refractivity contribution in [1.29, 1.82) is 0 Å². The molecule has 0 atom stereocenters. The van der Waals surface area contributed by atoms with Crippen molar-refractivity contribution in [2.24, 2.45) is 0 Å². The predicted molar refractivity (Wildman–Crippen MR) is 116 cm³/mol. The van der Waals surface area contributed by atoms with E-state index in [2.05, 4.69) is 4.98 Å². The fourth-order valence-electron chi connectivity index (χ4n) is 3.01. The molecule has 0 unspecified atom stereocenters. The van der Waals surface area contributed by atoms with E-state index in [-0.39, 0.29) is 31.2 Å². The minimum atomic E-state index is -0.750. The van der Waals surface area contributed by atoms with Gasteiger partial charge in [-0.1, -0.05) is 41.9 Å². The van der Waals surface area contributed by atoms with Gasteiger partial charge in [0.15, 0.2) is 5.69 Å². The van der Waals surface area contributed by atoms with Crippen molar-refractivity contribution < 1.29 is 9.53 Å². The highest BCUT2D eigenvalue weighted by atomic mass is 35.5. The van der Waals surface area contributed by atoms with Crippen LogP contribution < -0.4 is 21.9 Å². The molecule has 0 spiro atoms. The van der Waals surface area contributed by atoms with Gasteiger partial charge in [-0.05, 0) is 29.8 Å². The Hall–Kier alpha value is -3.36. The quantitative estimate of drug-likeness (QED) is 0.598. The molecule has 0 aliphatic carbocycles. The van der Waals surface area contributed by atoms with Crippen LogP contribution in [0.1, 0.15) is 15.9 Å². The summed E-state index contributed by atoms with van der Waals surface area (Å²) in [6.07, 6.45) is 0. The number of ether oxygens (including phenoxy) is 1. The summed E-state index contributed by atoms with van der Waals surface area (Å²) in [5.41, 5.74) is 5.85. The van der Waals surface area contributed by atoms with E-state index in [1.807, 2.05) is 30.3 Å². The molecular formula is C21H21ClN4O4. The van der Waals surface area contributed by atoms with Gasteiger partial charge in [0.05, 0.1) is 13.2 Å². The number of hydrogen-bond acceptors (Lipinski definition) is 5. The minimum Gasteiger partial charge on any atom is -0.383 e. The first-order chi connectivity index (χ1) is 14.4. The van der Waals surface area contributed by atoms with Crippen LogP contribution >= 0.6 is 11.6 Å². The van der Waals surface area contributed by atoms with Gasteiger partial charge >= 0.3 is 5.69 Å². The third-order valence-corrected chi connectivity index (χ3v) is 4.77. The van der Waals surface area contributed by atoms with E-state index in [9.17, 15) is 14.4 Å². The third-order valence-electron chi connectivity index (χ3n) is 4.52. The van der Waals surface area contributed by atoms with Gasteiger partial charge < -0.3 is 10.5 Å². The van der Waals surface area contributed by atoms with Crippen molar-refractivity contribution in [3.63, 3.8) is 0 Å². The van der Waals surface area contributed by atoms with Gasteiger partial charge in [-0.15, -0.1) is 0 Å². The van der Waals surface area contributed by atoms with E-state index in [4.69, 9.17) is 22.1 Å². The minimum absolute atomic E-state index is 0.0643. The molecule has 1 amide bonds. The second-order valence-corrected chi connectivity index (χ2v) is 6.96. The highest BCUT2D eigenvalue weighted by molar-refractivity contribution is 6.30. The van der Waals surface area contributed by atoms with Crippen LogP contribution in [0.5, 0.6) is 0 Å². The Kier molecular flexibility index (Phi) is 6.71. The standard InChI is InChI=1S/C21H21ClN4O4/c1-30-12-11-25(20(28)15-7-9-16(22)10-8-15)17-18(23)26(21(29)24-19(17)27)13-14-5-3-2-4-6-14/h2-10H,11-13,23H2,1H3,(H,24,27,29). The van der Waals surface area contributed by atoms with Gasteiger partial charge in [0.1, 0.15) is 5.82 Å². The molecule has 1 heterocycles. The zero-order valence-electron chi connectivity index (χ0n) is 16.3. The van der Waals surface area contributed by atoms with Crippen LogP contribution in [0.3, 0.4) is 0 Å². The van der Waals surface area contributed by atoms with Crippen molar-refractivity contribution in [2.45, 2.75) is 6.54 Å². The van der Waals surface area contributed by atoms with E-state index < -0.39 is 17.2 Å². The van der Waals surface area contributed by atoms with Crippen molar-refractivity contribution >= 4 is 29.0 Å². The zero-order valence-corrected chi connectivity index (χ0v) is 17.1. The molecule has 0 saturated carbocycles. The number of carbonyl (C=O) groups excluding carboxylic acids is 1. The number of anilines is 2. The first kappa shape index (κ1) is 21.4. The van der Waals surface area contributed by atoms with Crippen LogP contribution in [0.2, 0.25) is 5.02 Å². The van der Waals surface area contributed by atoms with Gasteiger partial charge in [0.25, 0.3) is 11.5 Å². The first-order valence-electron chi connectivity index (χ1n) is 9.15. The number of halogens is 1. The number of rotatable bonds is 7. The molecule has 0 radical (unpaired) electrons. The highest BCUT2D eigenvalue weighted by Crippen LogP contribution is 2.21. The Morgan fingerprint density at radius 3 is 2.43 bits per heavy atom. The molecule has 0 aliphatic heterocycles. The maximum absolute atomic E-state index is 13.2. The summed E-state index contributed by atoms with van der Waals surface area (Å²) in [6, 6.07) is 15.4. The van der Waals surface area contributed by atoms with Crippen molar-refractivity contribution in [3.8, 4) is 0 Å². The normalized spacial score (nSPS) is 10.7. The molecule has 0 saturated heterocycles. The molecular weight excluding hydrogens is 408 g/mol. The molecule has 3 N–H and O–H groups in total. The summed E-state index contributed by atoms with van der Waals surface area (Å²) in [5, 5.41) is 0.476. The van der Waals surface area contributed by atoms with Gasteiger partial charge in [-0.2, -0.15) is 0 Å². The lowest BCUT2D eigenvalue weighted by atomic mass is 10.2. The zero-order chi connectivity index (χ0) is 21.7. The molecule has 3 aromatic rings. The number of carbonyl (C=O) groups is 1. The number of methoxy groups -OCH3 is 1. The molecule has 0 fully saturated rings. The van der Waals surface area contributed by atoms with Crippen LogP contribution in [-0.2, 0) is 11.3 Å². The maximum Gasteiger partial charge on any atom is 0.330 e. The summed E-state index contributed by atoms with van der Waals surface area (Å²) < 4.78 is 6.31. The molecule has 30 heavy (non-hydrogen) atoms. The van der Waals surface area contributed by atoms with Gasteiger partial charge in [0, 0.05) is 24.2 Å². The van der Waals surface area contributed by atoms with Crippen LogP contribution in [-0.4, -0.2) is 35.7 Å². The summed E-state index contributed by atoms with van der Waals surface area (Å²) in [5.74, 6) is -0.572. The van der Waals surface area contributed by atoms with Crippen LogP contribution in [0.25, 0.3) is 0 Å². The maximum atomic E-state index is 13.2. The molecule has 0 bridgehead atoms. The summed E-state index contributed by atoms with van der Waals surface area (Å²) >= 11 is 5.90. The largest absolute Gasteiger partial charge is 0.383 e. The van der Waals surface area contributed by atoms with Crippen molar-refractivity contribution in [1.82, 2.24) is 9.55 Å². The average molecular weight is 429 g/mol. The predicted octanol–water partition coefficient (Wildman–Crippen LogP) is 2.11. The fourth-order valence-corrected chi connectivity index (χ4v) is 3.13. The first-order valence-corrected chi connectivity index (χ1v) is 9.53. The molecule has 2 aromatic carbocycles. The Bertz CT molecular complexity index is 1140. The Balaban J connectivity index is 2.09. The topological polar surface area (TPSA) is 110 Å². The number of nitrogen functional groups attached to an aromatic ring is 1. The second-order valence-electron chi connectivity index (χ2n) is 6.52. The SMILES string of the molecule is COCCN(C(=O)c1ccc(Cl)cc1)c1c(N)n(Cc2ccccc2)c(=O)[nH]c1=O. The summed E-state index contributed by atoms with van der Waals surface area (Å²) in [7, 11) is 1.48. The number of nitrogens with one attached hydrogen (secondary N) is 1. The number of hydrogen-bond donors (Lipinski definition) is 2. The van der Waals surface area contributed by atoms with E-state index in [1.165, 1.54) is 16.6 Å². The van der Waals surface area contributed by atoms with Gasteiger partial charge in [0.2, 0.25) is 0 Å². The average Bonchev–Trinajstić information content (AvgIpc) is 2.74. The molecule has 3 rings (SSSR count). The lowest BCUT2D eigenvalue weighted by molar-refractivity contribution is 0.0975. The van der Waals surface area contributed by atoms with E-state index in [0.717, 1.165) is 5.56 Å². The lowest BCUT2D eigenvalue weighted by Crippen LogP contribution is -2.42. The Morgan fingerprint density at radius 2 is 1.80 bits per heavy atom. The smallest absolute Gasteiger partial charge is 0.330 e. The Labute approximate surface area is 177 Å². The number of aromatic amines is 1. The van der Waals surface area contributed by atoms with Crippen molar-refractivity contribution in [2.75, 3.05) is 30.9 Å². The molecule has 156 valence electrons. The van der Waals surface area contributed by atoms with E-state index in [0.29, 0.717) is 10.6 Å². The van der Waals surface area contributed by atoms with E-state index >= 15 is 0 Å². The molecule has 0 aliphatic rings. The number of amides is 1. The highest BCUT2D eigenvalue weighted by Gasteiger charge is 2.25. The summed E-state index contributed by atoms with van der Waals surface area (Å²) in [6.45, 7) is 0.368. The van der Waals surface area contributed by atoms with Gasteiger partial charge in [-0.3, -0.25) is 24.0 Å².